The molecule has 1 heterocycles. The summed E-state index contributed by atoms with van der Waals surface area (Å²) in [7, 11) is 2.08. The molecule has 112 valence electrons. The summed E-state index contributed by atoms with van der Waals surface area (Å²) in [6.07, 6.45) is 9.26. The number of nitrogens with zero attached hydrogens (tertiary/aromatic N) is 1. The number of hydrogen-bond acceptors (Lipinski definition) is 3. The first-order valence-electron chi connectivity index (χ1n) is 7.99. The number of piperidine rings is 1. The Morgan fingerprint density at radius 3 is 1.95 bits per heavy atom. The second kappa shape index (κ2) is 5.71. The van der Waals surface area contributed by atoms with Gasteiger partial charge in [-0.15, -0.1) is 0 Å². The van der Waals surface area contributed by atoms with Gasteiger partial charge in [-0.2, -0.15) is 5.06 Å². The lowest BCUT2D eigenvalue weighted by Gasteiger charge is -2.55. The van der Waals surface area contributed by atoms with E-state index < -0.39 is 0 Å². The Balaban J connectivity index is 2.07. The van der Waals surface area contributed by atoms with Gasteiger partial charge in [0.25, 0.3) is 0 Å². The van der Waals surface area contributed by atoms with Crippen LogP contribution >= 0.6 is 0 Å². The average Bonchev–Trinajstić information content (AvgIpc) is 2.34. The van der Waals surface area contributed by atoms with Crippen molar-refractivity contribution in [2.45, 2.75) is 95.9 Å². The van der Waals surface area contributed by atoms with Gasteiger partial charge in [-0.3, -0.25) is 4.84 Å². The minimum absolute atomic E-state index is 0.104. The molecule has 0 aromatic heterocycles. The van der Waals surface area contributed by atoms with Crippen LogP contribution in [0.15, 0.2) is 0 Å². The smallest absolute Gasteiger partial charge is 0.0793 e. The van der Waals surface area contributed by atoms with Crippen LogP contribution in [0.25, 0.3) is 0 Å². The van der Waals surface area contributed by atoms with Crippen molar-refractivity contribution >= 4 is 0 Å². The quantitative estimate of drug-likeness (QED) is 0.848. The monoisotopic (exact) mass is 268 g/mol. The number of hydroxylamine groups is 2. The molecule has 1 aliphatic heterocycles. The lowest BCUT2D eigenvalue weighted by molar-refractivity contribution is -0.310. The SMILES string of the molecule is CNC1CC(C)(C)N(OC2CCCCC2)C(C)(C)C1. The Bertz CT molecular complexity index is 277. The van der Waals surface area contributed by atoms with Crippen LogP contribution in [0.5, 0.6) is 0 Å². The first kappa shape index (κ1) is 15.3. The summed E-state index contributed by atoms with van der Waals surface area (Å²) in [5.41, 5.74) is 0.208. The molecular weight excluding hydrogens is 236 g/mol. The van der Waals surface area contributed by atoms with Crippen LogP contribution in [-0.2, 0) is 4.84 Å². The van der Waals surface area contributed by atoms with Crippen molar-refractivity contribution in [1.29, 1.82) is 0 Å². The Hall–Kier alpha value is -0.120. The number of rotatable bonds is 3. The van der Waals surface area contributed by atoms with Crippen molar-refractivity contribution < 1.29 is 4.84 Å². The number of hydrogen-bond donors (Lipinski definition) is 1. The average molecular weight is 268 g/mol. The molecule has 19 heavy (non-hydrogen) atoms. The van der Waals surface area contributed by atoms with Crippen LogP contribution in [0.3, 0.4) is 0 Å². The van der Waals surface area contributed by atoms with E-state index in [0.717, 1.165) is 12.8 Å². The third-order valence-corrected chi connectivity index (χ3v) is 4.81. The zero-order valence-electron chi connectivity index (χ0n) is 13.5. The second-order valence-electron chi connectivity index (χ2n) is 7.68. The minimum Gasteiger partial charge on any atom is -0.317 e. The molecule has 0 aromatic carbocycles. The fourth-order valence-electron chi connectivity index (χ4n) is 4.07. The Morgan fingerprint density at radius 1 is 0.947 bits per heavy atom. The van der Waals surface area contributed by atoms with Crippen LogP contribution < -0.4 is 5.32 Å². The predicted octanol–water partition coefficient (Wildman–Crippen LogP) is 3.49. The van der Waals surface area contributed by atoms with Gasteiger partial charge < -0.3 is 5.32 Å². The van der Waals surface area contributed by atoms with Gasteiger partial charge in [0.1, 0.15) is 0 Å². The van der Waals surface area contributed by atoms with E-state index in [1.54, 1.807) is 0 Å². The molecule has 0 radical (unpaired) electrons. The van der Waals surface area contributed by atoms with Crippen molar-refractivity contribution in [3.05, 3.63) is 0 Å². The van der Waals surface area contributed by atoms with Gasteiger partial charge in [-0.1, -0.05) is 19.3 Å². The fourth-order valence-corrected chi connectivity index (χ4v) is 4.07. The molecule has 0 amide bonds. The highest BCUT2D eigenvalue weighted by Gasteiger charge is 2.47. The van der Waals surface area contributed by atoms with Crippen molar-refractivity contribution in [1.82, 2.24) is 10.4 Å². The van der Waals surface area contributed by atoms with E-state index in [2.05, 4.69) is 45.1 Å². The summed E-state index contributed by atoms with van der Waals surface area (Å²) in [5, 5.41) is 5.78. The summed E-state index contributed by atoms with van der Waals surface area (Å²) in [6, 6.07) is 0.594. The highest BCUT2D eigenvalue weighted by Crippen LogP contribution is 2.40. The topological polar surface area (TPSA) is 24.5 Å². The van der Waals surface area contributed by atoms with Crippen LogP contribution in [-0.4, -0.2) is 35.3 Å². The van der Waals surface area contributed by atoms with E-state index in [9.17, 15) is 0 Å². The third-order valence-electron chi connectivity index (χ3n) is 4.81. The summed E-state index contributed by atoms with van der Waals surface area (Å²) >= 11 is 0. The lowest BCUT2D eigenvalue weighted by Crippen LogP contribution is -2.64. The Kier molecular flexibility index (Phi) is 4.59. The van der Waals surface area contributed by atoms with Gasteiger partial charge >= 0.3 is 0 Å². The van der Waals surface area contributed by atoms with Gasteiger partial charge in [0, 0.05) is 17.1 Å². The Labute approximate surface area is 119 Å². The fraction of sp³-hybridized carbons (Fsp3) is 1.00. The maximum Gasteiger partial charge on any atom is 0.0793 e. The van der Waals surface area contributed by atoms with Gasteiger partial charge in [-0.25, -0.2) is 0 Å². The molecule has 1 saturated carbocycles. The van der Waals surface area contributed by atoms with E-state index in [4.69, 9.17) is 4.84 Å². The molecule has 2 aliphatic rings. The molecule has 0 aromatic rings. The van der Waals surface area contributed by atoms with Gasteiger partial charge in [0.2, 0.25) is 0 Å². The zero-order valence-corrected chi connectivity index (χ0v) is 13.5. The molecule has 0 bridgehead atoms. The molecule has 3 heteroatoms. The molecule has 0 spiro atoms. The van der Waals surface area contributed by atoms with Crippen LogP contribution in [0.1, 0.15) is 72.6 Å². The van der Waals surface area contributed by atoms with Crippen LogP contribution in [0, 0.1) is 0 Å². The molecule has 1 saturated heterocycles. The van der Waals surface area contributed by atoms with E-state index >= 15 is 0 Å². The van der Waals surface area contributed by atoms with Gasteiger partial charge in [0.05, 0.1) is 6.10 Å². The van der Waals surface area contributed by atoms with Gasteiger partial charge in [0.15, 0.2) is 0 Å². The molecule has 1 N–H and O–H groups in total. The van der Waals surface area contributed by atoms with E-state index in [-0.39, 0.29) is 11.1 Å². The largest absolute Gasteiger partial charge is 0.317 e. The molecule has 2 rings (SSSR count). The van der Waals surface area contributed by atoms with Crippen molar-refractivity contribution in [2.24, 2.45) is 0 Å². The summed E-state index contributed by atoms with van der Waals surface area (Å²) in [5.74, 6) is 0. The minimum atomic E-state index is 0.104. The summed E-state index contributed by atoms with van der Waals surface area (Å²) < 4.78 is 0. The molecule has 1 aliphatic carbocycles. The maximum atomic E-state index is 6.46. The highest BCUT2D eigenvalue weighted by molar-refractivity contribution is 4.99. The predicted molar refractivity (Wildman–Crippen MR) is 80.0 cm³/mol. The summed E-state index contributed by atoms with van der Waals surface area (Å²) in [6.45, 7) is 9.28. The van der Waals surface area contributed by atoms with Crippen molar-refractivity contribution in [3.8, 4) is 0 Å². The second-order valence-corrected chi connectivity index (χ2v) is 7.68. The first-order valence-corrected chi connectivity index (χ1v) is 7.99. The molecule has 3 nitrogen and oxygen atoms in total. The first-order chi connectivity index (χ1) is 8.85. The van der Waals surface area contributed by atoms with E-state index in [0.29, 0.717) is 12.1 Å². The van der Waals surface area contributed by atoms with E-state index in [1.807, 2.05) is 0 Å². The molecule has 0 atom stereocenters. The number of nitrogens with one attached hydrogen (secondary N) is 1. The van der Waals surface area contributed by atoms with E-state index in [1.165, 1.54) is 32.1 Å². The highest BCUT2D eigenvalue weighted by atomic mass is 16.7. The standard InChI is InChI=1S/C16H32N2O/c1-15(2)11-13(17-5)12-16(3,4)18(15)19-14-9-7-6-8-10-14/h13-14,17H,6-12H2,1-5H3. The third kappa shape index (κ3) is 3.50. The zero-order chi connectivity index (χ0) is 14.1. The normalized spacial score (nSPS) is 29.5. The maximum absolute atomic E-state index is 6.46. The molecule has 2 fully saturated rings. The molecular formula is C16H32N2O. The summed E-state index contributed by atoms with van der Waals surface area (Å²) in [4.78, 5) is 6.46. The lowest BCUT2D eigenvalue weighted by atomic mass is 9.79. The molecule has 0 unspecified atom stereocenters. The van der Waals surface area contributed by atoms with Crippen molar-refractivity contribution in [2.75, 3.05) is 7.05 Å². The van der Waals surface area contributed by atoms with Gasteiger partial charge in [-0.05, 0) is 60.4 Å². The van der Waals surface area contributed by atoms with Crippen LogP contribution in [0.2, 0.25) is 0 Å². The van der Waals surface area contributed by atoms with Crippen molar-refractivity contribution in [3.63, 3.8) is 0 Å². The van der Waals surface area contributed by atoms with Crippen LogP contribution in [0.4, 0.5) is 0 Å². The Morgan fingerprint density at radius 2 is 1.47 bits per heavy atom.